The fourth-order valence-electron chi connectivity index (χ4n) is 2.04. The molecule has 1 heterocycles. The van der Waals surface area contributed by atoms with Crippen molar-refractivity contribution < 1.29 is 9.18 Å². The molecular weight excluding hydrogens is 243 g/mol. The number of hydrogen-bond donors (Lipinski definition) is 1. The predicted molar refractivity (Wildman–Crippen MR) is 64.5 cm³/mol. The van der Waals surface area contributed by atoms with Gasteiger partial charge in [0.2, 0.25) is 0 Å². The molecule has 2 rings (SSSR count). The minimum absolute atomic E-state index is 0.0760. The summed E-state index contributed by atoms with van der Waals surface area (Å²) < 4.78 is 13.6. The Kier molecular flexibility index (Phi) is 3.64. The Morgan fingerprint density at radius 3 is 2.94 bits per heavy atom. The second-order valence-electron chi connectivity index (χ2n) is 4.27. The number of amides is 1. The molecular formula is C12H14ClFN2O. The minimum Gasteiger partial charge on any atom is -0.338 e. The van der Waals surface area contributed by atoms with Gasteiger partial charge in [-0.05, 0) is 37.1 Å². The van der Waals surface area contributed by atoms with Gasteiger partial charge in [-0.2, -0.15) is 0 Å². The summed E-state index contributed by atoms with van der Waals surface area (Å²) in [6.07, 6.45) is 0.886. The van der Waals surface area contributed by atoms with Gasteiger partial charge in [0.15, 0.2) is 0 Å². The van der Waals surface area contributed by atoms with Crippen molar-refractivity contribution in [1.29, 1.82) is 0 Å². The lowest BCUT2D eigenvalue weighted by Gasteiger charge is -2.16. The quantitative estimate of drug-likeness (QED) is 0.879. The highest BCUT2D eigenvalue weighted by Crippen LogP contribution is 2.21. The highest BCUT2D eigenvalue weighted by molar-refractivity contribution is 6.30. The molecule has 1 fully saturated rings. The third-order valence-corrected chi connectivity index (χ3v) is 3.30. The van der Waals surface area contributed by atoms with Gasteiger partial charge in [0.1, 0.15) is 5.82 Å². The van der Waals surface area contributed by atoms with Gasteiger partial charge in [-0.15, -0.1) is 0 Å². The van der Waals surface area contributed by atoms with Gasteiger partial charge in [0, 0.05) is 18.1 Å². The van der Waals surface area contributed by atoms with Crippen LogP contribution in [0.3, 0.4) is 0 Å². The molecule has 0 aromatic heterocycles. The molecule has 1 aromatic carbocycles. The maximum absolute atomic E-state index is 13.6. The first-order chi connectivity index (χ1) is 8.11. The van der Waals surface area contributed by atoms with E-state index in [1.54, 1.807) is 4.90 Å². The average molecular weight is 257 g/mol. The second-order valence-corrected chi connectivity index (χ2v) is 4.70. The molecule has 17 heavy (non-hydrogen) atoms. The van der Waals surface area contributed by atoms with E-state index in [4.69, 9.17) is 17.3 Å². The number of carbonyl (C=O) groups excluding carboxylic acids is 1. The third kappa shape index (κ3) is 2.58. The Hall–Kier alpha value is -1.13. The topological polar surface area (TPSA) is 46.3 Å². The number of nitrogens with two attached hydrogens (primary N) is 1. The van der Waals surface area contributed by atoms with Crippen LogP contribution in [0, 0.1) is 11.7 Å². The number of nitrogens with zero attached hydrogens (tertiary/aromatic N) is 1. The molecule has 1 aliphatic rings. The molecule has 5 heteroatoms. The normalized spacial score (nSPS) is 19.7. The molecule has 0 spiro atoms. The van der Waals surface area contributed by atoms with Crippen molar-refractivity contribution in [1.82, 2.24) is 4.90 Å². The minimum atomic E-state index is -0.571. The van der Waals surface area contributed by atoms with E-state index < -0.39 is 5.82 Å². The molecule has 2 N–H and O–H groups in total. The molecule has 0 saturated carbocycles. The summed E-state index contributed by atoms with van der Waals surface area (Å²) in [7, 11) is 0. The van der Waals surface area contributed by atoms with Gasteiger partial charge in [0.05, 0.1) is 5.56 Å². The molecule has 0 radical (unpaired) electrons. The van der Waals surface area contributed by atoms with E-state index in [0.717, 1.165) is 12.5 Å². The fourth-order valence-corrected chi connectivity index (χ4v) is 2.20. The molecule has 1 aromatic rings. The zero-order valence-corrected chi connectivity index (χ0v) is 10.1. The fraction of sp³-hybridized carbons (Fsp3) is 0.417. The maximum Gasteiger partial charge on any atom is 0.256 e. The second kappa shape index (κ2) is 5.02. The standard InChI is InChI=1S/C12H14ClFN2O/c13-9-1-2-10(11(14)5-9)12(17)16-4-3-8(6-15)7-16/h1-2,5,8H,3-4,6-7,15H2. The molecule has 1 amide bonds. The van der Waals surface area contributed by atoms with Crippen LogP contribution in [0.1, 0.15) is 16.8 Å². The van der Waals surface area contributed by atoms with Crippen LogP contribution in [0.25, 0.3) is 0 Å². The Labute approximate surface area is 104 Å². The van der Waals surface area contributed by atoms with E-state index in [1.165, 1.54) is 12.1 Å². The van der Waals surface area contributed by atoms with E-state index in [-0.39, 0.29) is 11.5 Å². The summed E-state index contributed by atoms with van der Waals surface area (Å²) in [5.74, 6) is -0.525. The molecule has 0 aliphatic carbocycles. The van der Waals surface area contributed by atoms with Gasteiger partial charge in [-0.25, -0.2) is 4.39 Å². The van der Waals surface area contributed by atoms with E-state index in [9.17, 15) is 9.18 Å². The van der Waals surface area contributed by atoms with Gasteiger partial charge in [-0.3, -0.25) is 4.79 Å². The van der Waals surface area contributed by atoms with Crippen LogP contribution in [0.4, 0.5) is 4.39 Å². The molecule has 3 nitrogen and oxygen atoms in total. The van der Waals surface area contributed by atoms with Crippen LogP contribution in [0.5, 0.6) is 0 Å². The first-order valence-corrected chi connectivity index (χ1v) is 5.94. The smallest absolute Gasteiger partial charge is 0.256 e. The van der Waals surface area contributed by atoms with Gasteiger partial charge in [0.25, 0.3) is 5.91 Å². The van der Waals surface area contributed by atoms with E-state index in [1.807, 2.05) is 0 Å². The predicted octanol–water partition coefficient (Wildman–Crippen LogP) is 1.90. The Bertz CT molecular complexity index is 439. The van der Waals surface area contributed by atoms with Crippen LogP contribution < -0.4 is 5.73 Å². The van der Waals surface area contributed by atoms with Crippen LogP contribution in [0.15, 0.2) is 18.2 Å². The Morgan fingerprint density at radius 2 is 2.35 bits per heavy atom. The molecule has 0 bridgehead atoms. The van der Waals surface area contributed by atoms with Gasteiger partial charge < -0.3 is 10.6 Å². The lowest BCUT2D eigenvalue weighted by molar-refractivity contribution is 0.0783. The first kappa shape index (κ1) is 12.3. The summed E-state index contributed by atoms with van der Waals surface area (Å²) in [6, 6.07) is 4.11. The van der Waals surface area contributed by atoms with Crippen LogP contribution in [-0.4, -0.2) is 30.4 Å². The lowest BCUT2D eigenvalue weighted by Crippen LogP contribution is -2.30. The zero-order valence-electron chi connectivity index (χ0n) is 9.33. The molecule has 1 saturated heterocycles. The largest absolute Gasteiger partial charge is 0.338 e. The van der Waals surface area contributed by atoms with Crippen molar-refractivity contribution in [3.05, 3.63) is 34.6 Å². The molecule has 1 unspecified atom stereocenters. The van der Waals surface area contributed by atoms with Crippen molar-refractivity contribution in [2.75, 3.05) is 19.6 Å². The van der Waals surface area contributed by atoms with Crippen LogP contribution in [-0.2, 0) is 0 Å². The van der Waals surface area contributed by atoms with E-state index >= 15 is 0 Å². The Balaban J connectivity index is 2.15. The lowest BCUT2D eigenvalue weighted by atomic mass is 10.1. The summed E-state index contributed by atoms with van der Waals surface area (Å²) in [5, 5.41) is 0.292. The van der Waals surface area contributed by atoms with Gasteiger partial charge in [-0.1, -0.05) is 11.6 Å². The van der Waals surface area contributed by atoms with E-state index in [2.05, 4.69) is 0 Å². The van der Waals surface area contributed by atoms with Crippen molar-refractivity contribution in [3.63, 3.8) is 0 Å². The number of benzene rings is 1. The molecule has 1 atom stereocenters. The number of halogens is 2. The van der Waals surface area contributed by atoms with Crippen molar-refractivity contribution in [2.24, 2.45) is 11.7 Å². The zero-order chi connectivity index (χ0) is 12.4. The highest BCUT2D eigenvalue weighted by Gasteiger charge is 2.27. The number of rotatable bonds is 2. The van der Waals surface area contributed by atoms with Crippen molar-refractivity contribution >= 4 is 17.5 Å². The van der Waals surface area contributed by atoms with Crippen molar-refractivity contribution in [3.8, 4) is 0 Å². The van der Waals surface area contributed by atoms with Crippen molar-refractivity contribution in [2.45, 2.75) is 6.42 Å². The average Bonchev–Trinajstić information content (AvgIpc) is 2.76. The van der Waals surface area contributed by atoms with E-state index in [0.29, 0.717) is 30.6 Å². The molecule has 1 aliphatic heterocycles. The number of likely N-dealkylation sites (tertiary alicyclic amines) is 1. The maximum atomic E-state index is 13.6. The van der Waals surface area contributed by atoms with Gasteiger partial charge >= 0.3 is 0 Å². The first-order valence-electron chi connectivity index (χ1n) is 5.56. The highest BCUT2D eigenvalue weighted by atomic mass is 35.5. The number of carbonyl (C=O) groups is 1. The molecule has 92 valence electrons. The third-order valence-electron chi connectivity index (χ3n) is 3.07. The van der Waals surface area contributed by atoms with Crippen LogP contribution in [0.2, 0.25) is 5.02 Å². The summed E-state index contributed by atoms with van der Waals surface area (Å²) >= 11 is 5.65. The Morgan fingerprint density at radius 1 is 1.59 bits per heavy atom. The van der Waals surface area contributed by atoms with Crippen LogP contribution >= 0.6 is 11.6 Å². The number of hydrogen-bond acceptors (Lipinski definition) is 2. The SMILES string of the molecule is NCC1CCN(C(=O)c2ccc(Cl)cc2F)C1. The summed E-state index contributed by atoms with van der Waals surface area (Å²) in [6.45, 7) is 1.81. The summed E-state index contributed by atoms with van der Waals surface area (Å²) in [5.41, 5.74) is 5.63. The monoisotopic (exact) mass is 256 g/mol. The summed E-state index contributed by atoms with van der Waals surface area (Å²) in [4.78, 5) is 13.7.